The summed E-state index contributed by atoms with van der Waals surface area (Å²) in [5, 5.41) is 13.8. The molecule has 0 fully saturated rings. The number of carbonyl (C=O) groups excluding carboxylic acids is 1. The molecular formula is C20H22N3O3+. The van der Waals surface area contributed by atoms with E-state index in [1.807, 2.05) is 25.1 Å². The molecule has 0 aromatic heterocycles. The average Bonchev–Trinajstić information content (AvgIpc) is 2.68. The van der Waals surface area contributed by atoms with Gasteiger partial charge in [0, 0.05) is 12.5 Å². The zero-order valence-corrected chi connectivity index (χ0v) is 14.6. The summed E-state index contributed by atoms with van der Waals surface area (Å²) in [6.07, 6.45) is 3.09. The molecule has 0 radical (unpaired) electrons. The highest BCUT2D eigenvalue weighted by molar-refractivity contribution is 5.95. The Morgan fingerprint density at radius 3 is 2.50 bits per heavy atom. The number of nitro groups is 1. The Kier molecular flexibility index (Phi) is 5.43. The minimum Gasteiger partial charge on any atom is -0.321 e. The molecule has 134 valence electrons. The molecule has 0 spiro atoms. The van der Waals surface area contributed by atoms with Crippen LogP contribution >= 0.6 is 0 Å². The first-order valence-corrected chi connectivity index (χ1v) is 8.69. The third-order valence-electron chi connectivity index (χ3n) is 4.83. The average molecular weight is 352 g/mol. The van der Waals surface area contributed by atoms with Crippen LogP contribution in [0, 0.1) is 10.1 Å². The zero-order valence-electron chi connectivity index (χ0n) is 14.6. The molecule has 0 saturated carbocycles. The van der Waals surface area contributed by atoms with Crippen LogP contribution in [0.2, 0.25) is 0 Å². The highest BCUT2D eigenvalue weighted by Crippen LogP contribution is 2.23. The lowest BCUT2D eigenvalue weighted by atomic mass is 9.99. The molecule has 1 unspecified atom stereocenters. The van der Waals surface area contributed by atoms with Gasteiger partial charge in [0.05, 0.1) is 18.0 Å². The van der Waals surface area contributed by atoms with Crippen molar-refractivity contribution in [1.82, 2.24) is 0 Å². The quantitative estimate of drug-likeness (QED) is 0.640. The van der Waals surface area contributed by atoms with Crippen molar-refractivity contribution in [3.05, 3.63) is 76.4 Å². The largest absolute Gasteiger partial charge is 0.321 e. The Morgan fingerprint density at radius 2 is 1.85 bits per heavy atom. The maximum atomic E-state index is 12.6. The summed E-state index contributed by atoms with van der Waals surface area (Å²) in [6, 6.07) is 16.2. The Labute approximate surface area is 152 Å². The van der Waals surface area contributed by atoms with Gasteiger partial charge in [0.15, 0.2) is 6.04 Å². The smallest absolute Gasteiger partial charge is 0.292 e. The number of para-hydroxylation sites is 2. The molecule has 0 saturated heterocycles. The number of nitro benzene ring substituents is 1. The van der Waals surface area contributed by atoms with Crippen molar-refractivity contribution in [2.45, 2.75) is 19.4 Å². The van der Waals surface area contributed by atoms with Gasteiger partial charge in [-0.25, -0.2) is 0 Å². The minimum absolute atomic E-state index is 0.0899. The zero-order chi connectivity index (χ0) is 18.5. The molecular weight excluding hydrogens is 330 g/mol. The maximum absolute atomic E-state index is 12.6. The number of hydrogen-bond acceptors (Lipinski definition) is 3. The standard InChI is InChI=1S/C20H21N3O3/c1-15(20(24)21-18-9-5-6-10-19(18)23(25)26)22-13-11-17(12-14-22)16-7-3-2-4-8-16/h2-11,15H,12-14H2,1H3,(H,21,24)/p+1/t15-/m1/s1. The van der Waals surface area contributed by atoms with Gasteiger partial charge in [-0.3, -0.25) is 14.9 Å². The van der Waals surface area contributed by atoms with Crippen molar-refractivity contribution >= 4 is 22.9 Å². The van der Waals surface area contributed by atoms with Crippen LogP contribution in [0.5, 0.6) is 0 Å². The second-order valence-electron chi connectivity index (χ2n) is 6.44. The summed E-state index contributed by atoms with van der Waals surface area (Å²) in [6.45, 7) is 3.47. The molecule has 1 amide bonds. The highest BCUT2D eigenvalue weighted by atomic mass is 16.6. The van der Waals surface area contributed by atoms with Gasteiger partial charge in [0.1, 0.15) is 5.69 Å². The highest BCUT2D eigenvalue weighted by Gasteiger charge is 2.28. The third kappa shape index (κ3) is 3.97. The second kappa shape index (κ2) is 7.93. The Balaban J connectivity index is 1.65. The second-order valence-corrected chi connectivity index (χ2v) is 6.44. The third-order valence-corrected chi connectivity index (χ3v) is 4.83. The van der Waals surface area contributed by atoms with E-state index in [0.29, 0.717) is 0 Å². The Hall–Kier alpha value is -2.99. The molecule has 6 nitrogen and oxygen atoms in total. The first-order valence-electron chi connectivity index (χ1n) is 8.69. The molecule has 0 bridgehead atoms. The van der Waals surface area contributed by atoms with Crippen LogP contribution in [0.4, 0.5) is 11.4 Å². The SMILES string of the molecule is C[C@H](C(=O)Nc1ccccc1[N+](=O)[O-])[NH+]1CC=C(c2ccccc2)CC1. The number of nitrogens with zero attached hydrogens (tertiary/aromatic N) is 1. The van der Waals surface area contributed by atoms with Crippen LogP contribution in [0.25, 0.3) is 5.57 Å². The molecule has 2 atom stereocenters. The monoisotopic (exact) mass is 352 g/mol. The number of carbonyl (C=O) groups is 1. The van der Waals surface area contributed by atoms with E-state index < -0.39 is 4.92 Å². The topological polar surface area (TPSA) is 76.7 Å². The first kappa shape index (κ1) is 17.8. The number of benzene rings is 2. The molecule has 1 aliphatic rings. The first-order chi connectivity index (χ1) is 12.6. The Morgan fingerprint density at radius 1 is 1.15 bits per heavy atom. The van der Waals surface area contributed by atoms with Gasteiger partial charge in [-0.1, -0.05) is 42.5 Å². The molecule has 1 heterocycles. The lowest BCUT2D eigenvalue weighted by Crippen LogP contribution is -3.17. The predicted octanol–water partition coefficient (Wildman–Crippen LogP) is 2.29. The van der Waals surface area contributed by atoms with E-state index in [1.54, 1.807) is 18.2 Å². The van der Waals surface area contributed by atoms with Crippen LogP contribution in [0.15, 0.2) is 60.7 Å². The van der Waals surface area contributed by atoms with E-state index in [2.05, 4.69) is 23.5 Å². The van der Waals surface area contributed by atoms with Gasteiger partial charge in [-0.2, -0.15) is 0 Å². The Bertz CT molecular complexity index is 833. The van der Waals surface area contributed by atoms with Crippen molar-refractivity contribution in [3.8, 4) is 0 Å². The van der Waals surface area contributed by atoms with Gasteiger partial charge < -0.3 is 10.2 Å². The molecule has 2 aromatic carbocycles. The van der Waals surface area contributed by atoms with Gasteiger partial charge in [-0.15, -0.1) is 0 Å². The van der Waals surface area contributed by atoms with Crippen LogP contribution in [0.3, 0.4) is 0 Å². The van der Waals surface area contributed by atoms with Crippen molar-refractivity contribution in [2.75, 3.05) is 18.4 Å². The summed E-state index contributed by atoms with van der Waals surface area (Å²) in [5.41, 5.74) is 2.68. The van der Waals surface area contributed by atoms with E-state index in [-0.39, 0.29) is 23.3 Å². The van der Waals surface area contributed by atoms with Crippen molar-refractivity contribution in [1.29, 1.82) is 0 Å². The fourth-order valence-corrected chi connectivity index (χ4v) is 3.23. The van der Waals surface area contributed by atoms with E-state index in [0.717, 1.165) is 24.4 Å². The molecule has 2 aromatic rings. The van der Waals surface area contributed by atoms with E-state index in [1.165, 1.54) is 17.2 Å². The number of rotatable bonds is 5. The number of nitrogens with one attached hydrogen (secondary N) is 2. The predicted molar refractivity (Wildman–Crippen MR) is 101 cm³/mol. The molecule has 3 rings (SSSR count). The van der Waals surface area contributed by atoms with Crippen molar-refractivity contribution in [3.63, 3.8) is 0 Å². The molecule has 6 heteroatoms. The fraction of sp³-hybridized carbons (Fsp3) is 0.250. The normalized spacial score (nSPS) is 17.9. The van der Waals surface area contributed by atoms with Gasteiger partial charge in [0.25, 0.3) is 11.6 Å². The number of hydrogen-bond donors (Lipinski definition) is 2. The molecule has 2 N–H and O–H groups in total. The van der Waals surface area contributed by atoms with Crippen LogP contribution < -0.4 is 10.2 Å². The molecule has 26 heavy (non-hydrogen) atoms. The van der Waals surface area contributed by atoms with Gasteiger partial charge in [-0.05, 0) is 30.2 Å². The lowest BCUT2D eigenvalue weighted by Gasteiger charge is -2.28. The number of quaternary nitrogens is 1. The summed E-state index contributed by atoms with van der Waals surface area (Å²) in [4.78, 5) is 24.3. The fourth-order valence-electron chi connectivity index (χ4n) is 3.23. The van der Waals surface area contributed by atoms with Crippen molar-refractivity contribution in [2.24, 2.45) is 0 Å². The number of anilines is 1. The minimum atomic E-state index is -0.483. The summed E-state index contributed by atoms with van der Waals surface area (Å²) < 4.78 is 0. The van der Waals surface area contributed by atoms with E-state index in [9.17, 15) is 14.9 Å². The lowest BCUT2D eigenvalue weighted by molar-refractivity contribution is -0.909. The number of amides is 1. The maximum Gasteiger partial charge on any atom is 0.292 e. The summed E-state index contributed by atoms with van der Waals surface area (Å²) >= 11 is 0. The van der Waals surface area contributed by atoms with Crippen LogP contribution in [-0.4, -0.2) is 30.0 Å². The van der Waals surface area contributed by atoms with Gasteiger partial charge >= 0.3 is 0 Å². The van der Waals surface area contributed by atoms with Gasteiger partial charge in [0.2, 0.25) is 0 Å². The van der Waals surface area contributed by atoms with Crippen LogP contribution in [-0.2, 0) is 4.79 Å². The van der Waals surface area contributed by atoms with Crippen LogP contribution in [0.1, 0.15) is 18.9 Å². The summed E-state index contributed by atoms with van der Waals surface area (Å²) in [5.74, 6) is -0.203. The van der Waals surface area contributed by atoms with E-state index >= 15 is 0 Å². The molecule has 1 aliphatic heterocycles. The summed E-state index contributed by atoms with van der Waals surface area (Å²) in [7, 11) is 0. The van der Waals surface area contributed by atoms with E-state index in [4.69, 9.17) is 0 Å². The van der Waals surface area contributed by atoms with Crippen molar-refractivity contribution < 1.29 is 14.6 Å². The molecule has 0 aliphatic carbocycles.